The fraction of sp³-hybridized carbons (Fsp3) is 0.647. The van der Waals surface area contributed by atoms with Crippen LogP contribution < -0.4 is 11.3 Å². The molecule has 0 bridgehead atoms. The summed E-state index contributed by atoms with van der Waals surface area (Å²) in [7, 11) is 0. The van der Waals surface area contributed by atoms with Crippen LogP contribution >= 0.6 is 0 Å². The van der Waals surface area contributed by atoms with Crippen molar-refractivity contribution >= 4 is 0 Å². The predicted octanol–water partition coefficient (Wildman–Crippen LogP) is 3.76. The average molecular weight is 260 g/mol. The Labute approximate surface area is 117 Å². The van der Waals surface area contributed by atoms with Gasteiger partial charge in [0.25, 0.3) is 0 Å². The Morgan fingerprint density at radius 2 is 1.74 bits per heavy atom. The molecule has 2 nitrogen and oxygen atoms in total. The Morgan fingerprint density at radius 3 is 2.26 bits per heavy atom. The van der Waals surface area contributed by atoms with E-state index in [0.717, 1.165) is 12.3 Å². The number of rotatable bonds is 5. The van der Waals surface area contributed by atoms with Gasteiger partial charge in [0, 0.05) is 6.04 Å². The average Bonchev–Trinajstić information content (AvgIpc) is 2.46. The van der Waals surface area contributed by atoms with Gasteiger partial charge in [-0.3, -0.25) is 11.3 Å². The van der Waals surface area contributed by atoms with Gasteiger partial charge in [-0.05, 0) is 42.2 Å². The second kappa shape index (κ2) is 7.06. The van der Waals surface area contributed by atoms with Gasteiger partial charge in [0.05, 0.1) is 0 Å². The van der Waals surface area contributed by atoms with E-state index in [1.54, 1.807) is 0 Å². The lowest BCUT2D eigenvalue weighted by Crippen LogP contribution is -2.43. The summed E-state index contributed by atoms with van der Waals surface area (Å²) in [5.41, 5.74) is 5.87. The largest absolute Gasteiger partial charge is 0.271 e. The van der Waals surface area contributed by atoms with Gasteiger partial charge < -0.3 is 0 Å². The molecule has 0 radical (unpaired) electrons. The van der Waals surface area contributed by atoms with Crippen LogP contribution in [0.2, 0.25) is 0 Å². The maximum atomic E-state index is 5.78. The van der Waals surface area contributed by atoms with Crippen LogP contribution in [0.3, 0.4) is 0 Å². The molecule has 0 aromatic heterocycles. The van der Waals surface area contributed by atoms with Crippen molar-refractivity contribution in [1.29, 1.82) is 0 Å². The highest BCUT2D eigenvalue weighted by Crippen LogP contribution is 2.28. The summed E-state index contributed by atoms with van der Waals surface area (Å²) in [4.78, 5) is 0. The first-order valence-electron chi connectivity index (χ1n) is 7.75. The van der Waals surface area contributed by atoms with Crippen molar-refractivity contribution in [2.45, 2.75) is 64.3 Å². The third-order valence-electron chi connectivity index (χ3n) is 4.53. The van der Waals surface area contributed by atoms with Gasteiger partial charge in [0.15, 0.2) is 0 Å². The molecule has 1 unspecified atom stereocenters. The summed E-state index contributed by atoms with van der Waals surface area (Å²) in [6, 6.07) is 9.48. The van der Waals surface area contributed by atoms with E-state index in [2.05, 4.69) is 43.5 Å². The lowest BCUT2D eigenvalue weighted by molar-refractivity contribution is 0.268. The number of nitrogens with two attached hydrogens (primary N) is 1. The van der Waals surface area contributed by atoms with E-state index in [4.69, 9.17) is 5.84 Å². The molecule has 2 heteroatoms. The van der Waals surface area contributed by atoms with Crippen molar-refractivity contribution in [2.24, 2.45) is 11.8 Å². The monoisotopic (exact) mass is 260 g/mol. The highest BCUT2D eigenvalue weighted by Gasteiger charge is 2.22. The summed E-state index contributed by atoms with van der Waals surface area (Å²) in [6.07, 6.45) is 7.86. The van der Waals surface area contributed by atoms with E-state index in [9.17, 15) is 0 Å². The van der Waals surface area contributed by atoms with E-state index in [-0.39, 0.29) is 0 Å². The lowest BCUT2D eigenvalue weighted by atomic mass is 9.82. The standard InChI is InChI=1S/C17H28N2/c1-13(2)15-10-8-14(9-11-15)12-17(19-18)16-6-4-3-5-7-16/h8-11,13,16-17,19H,3-7,12,18H2,1-2H3. The Hall–Kier alpha value is -0.860. The van der Waals surface area contributed by atoms with Crippen molar-refractivity contribution in [3.8, 4) is 0 Å². The summed E-state index contributed by atoms with van der Waals surface area (Å²) >= 11 is 0. The molecule has 106 valence electrons. The highest BCUT2D eigenvalue weighted by molar-refractivity contribution is 5.25. The molecule has 0 saturated heterocycles. The fourth-order valence-corrected chi connectivity index (χ4v) is 3.19. The first-order valence-corrected chi connectivity index (χ1v) is 7.75. The van der Waals surface area contributed by atoms with E-state index >= 15 is 0 Å². The number of hydrogen-bond acceptors (Lipinski definition) is 2. The van der Waals surface area contributed by atoms with Gasteiger partial charge in [-0.2, -0.15) is 0 Å². The summed E-state index contributed by atoms with van der Waals surface area (Å²) < 4.78 is 0. The molecule has 1 aliphatic rings. The Bertz CT molecular complexity index is 363. The van der Waals surface area contributed by atoms with Crippen molar-refractivity contribution in [2.75, 3.05) is 0 Å². The molecule has 0 aliphatic heterocycles. The van der Waals surface area contributed by atoms with Gasteiger partial charge in [0.2, 0.25) is 0 Å². The molecule has 0 amide bonds. The van der Waals surface area contributed by atoms with Gasteiger partial charge in [-0.15, -0.1) is 0 Å². The molecule has 1 fully saturated rings. The first-order chi connectivity index (χ1) is 9.20. The van der Waals surface area contributed by atoms with Crippen LogP contribution in [0.5, 0.6) is 0 Å². The van der Waals surface area contributed by atoms with Crippen LogP contribution in [0.25, 0.3) is 0 Å². The van der Waals surface area contributed by atoms with Gasteiger partial charge in [0.1, 0.15) is 0 Å². The molecule has 1 saturated carbocycles. The number of hydrazine groups is 1. The normalized spacial score (nSPS) is 18.7. The van der Waals surface area contributed by atoms with Crippen LogP contribution in [0.15, 0.2) is 24.3 Å². The quantitative estimate of drug-likeness (QED) is 0.625. The van der Waals surface area contributed by atoms with Crippen molar-refractivity contribution in [1.82, 2.24) is 5.43 Å². The predicted molar refractivity (Wildman–Crippen MR) is 81.9 cm³/mol. The van der Waals surface area contributed by atoms with E-state index in [1.165, 1.54) is 43.2 Å². The second-order valence-corrected chi connectivity index (χ2v) is 6.27. The van der Waals surface area contributed by atoms with Crippen LogP contribution in [-0.2, 0) is 6.42 Å². The molecule has 2 rings (SSSR count). The third kappa shape index (κ3) is 4.05. The molecular formula is C17H28N2. The van der Waals surface area contributed by atoms with Gasteiger partial charge >= 0.3 is 0 Å². The minimum absolute atomic E-state index is 0.435. The zero-order valence-electron chi connectivity index (χ0n) is 12.4. The topological polar surface area (TPSA) is 38.0 Å². The minimum atomic E-state index is 0.435. The molecule has 3 N–H and O–H groups in total. The lowest BCUT2D eigenvalue weighted by Gasteiger charge is -2.30. The van der Waals surface area contributed by atoms with Crippen LogP contribution in [-0.4, -0.2) is 6.04 Å². The van der Waals surface area contributed by atoms with E-state index in [0.29, 0.717) is 12.0 Å². The zero-order valence-corrected chi connectivity index (χ0v) is 12.4. The molecule has 1 aliphatic carbocycles. The first kappa shape index (κ1) is 14.5. The highest BCUT2D eigenvalue weighted by atomic mass is 15.2. The smallest absolute Gasteiger partial charge is 0.0279 e. The SMILES string of the molecule is CC(C)c1ccc(CC(NN)C2CCCCC2)cc1. The summed E-state index contributed by atoms with van der Waals surface area (Å²) in [6.45, 7) is 4.47. The number of benzene rings is 1. The number of hydrogen-bond donors (Lipinski definition) is 2. The van der Waals surface area contributed by atoms with Crippen molar-refractivity contribution < 1.29 is 0 Å². The maximum absolute atomic E-state index is 5.78. The van der Waals surface area contributed by atoms with Crippen LogP contribution in [0.1, 0.15) is 63.0 Å². The number of nitrogens with one attached hydrogen (secondary N) is 1. The van der Waals surface area contributed by atoms with E-state index < -0.39 is 0 Å². The molecule has 1 atom stereocenters. The second-order valence-electron chi connectivity index (χ2n) is 6.27. The minimum Gasteiger partial charge on any atom is -0.271 e. The van der Waals surface area contributed by atoms with Crippen molar-refractivity contribution in [3.05, 3.63) is 35.4 Å². The van der Waals surface area contributed by atoms with E-state index in [1.807, 2.05) is 0 Å². The Kier molecular flexibility index (Phi) is 5.41. The maximum Gasteiger partial charge on any atom is 0.0279 e. The van der Waals surface area contributed by atoms with Crippen LogP contribution in [0.4, 0.5) is 0 Å². The van der Waals surface area contributed by atoms with Crippen molar-refractivity contribution in [3.63, 3.8) is 0 Å². The van der Waals surface area contributed by atoms with Crippen LogP contribution in [0, 0.1) is 5.92 Å². The Balaban J connectivity index is 1.97. The Morgan fingerprint density at radius 1 is 1.11 bits per heavy atom. The zero-order chi connectivity index (χ0) is 13.7. The molecule has 19 heavy (non-hydrogen) atoms. The fourth-order valence-electron chi connectivity index (χ4n) is 3.19. The molecule has 0 heterocycles. The summed E-state index contributed by atoms with van der Waals surface area (Å²) in [5, 5.41) is 0. The molecule has 0 spiro atoms. The third-order valence-corrected chi connectivity index (χ3v) is 4.53. The molecule has 1 aromatic carbocycles. The van der Waals surface area contributed by atoms with Gasteiger partial charge in [-0.1, -0.05) is 57.4 Å². The summed E-state index contributed by atoms with van der Waals surface area (Å²) in [5.74, 6) is 7.14. The molecular weight excluding hydrogens is 232 g/mol. The van der Waals surface area contributed by atoms with Gasteiger partial charge in [-0.25, -0.2) is 0 Å². The molecule has 1 aromatic rings.